The molecule has 1 atom stereocenters. The first-order valence-electron chi connectivity index (χ1n) is 8.90. The van der Waals surface area contributed by atoms with E-state index in [-0.39, 0.29) is 5.91 Å². The molecule has 1 heterocycles. The molecule has 4 heteroatoms. The normalized spacial score (nSPS) is 18.1. The quantitative estimate of drug-likeness (QED) is 0.760. The first kappa shape index (κ1) is 18.2. The Balaban J connectivity index is 1.61. The number of nitrogens with one attached hydrogen (secondary N) is 1. The van der Waals surface area contributed by atoms with Gasteiger partial charge in [-0.25, -0.2) is 0 Å². The Bertz CT molecular complexity index is 742. The van der Waals surface area contributed by atoms with Gasteiger partial charge in [0.15, 0.2) is 0 Å². The summed E-state index contributed by atoms with van der Waals surface area (Å²) >= 11 is 3.48. The predicted molar refractivity (Wildman–Crippen MR) is 107 cm³/mol. The molecule has 132 valence electrons. The monoisotopic (exact) mass is 400 g/mol. The lowest BCUT2D eigenvalue weighted by Gasteiger charge is -2.30. The van der Waals surface area contributed by atoms with Gasteiger partial charge in [0.1, 0.15) is 0 Å². The van der Waals surface area contributed by atoms with Crippen LogP contribution in [0.15, 0.2) is 46.9 Å². The summed E-state index contributed by atoms with van der Waals surface area (Å²) in [5.41, 5.74) is 3.88. The average Bonchev–Trinajstić information content (AvgIpc) is 2.59. The van der Waals surface area contributed by atoms with Crippen LogP contribution in [0.5, 0.6) is 0 Å². The number of anilines is 1. The summed E-state index contributed by atoms with van der Waals surface area (Å²) in [5, 5.41) is 2.96. The molecule has 1 fully saturated rings. The Labute approximate surface area is 158 Å². The second-order valence-electron chi connectivity index (χ2n) is 7.10. The van der Waals surface area contributed by atoms with Gasteiger partial charge >= 0.3 is 0 Å². The van der Waals surface area contributed by atoms with E-state index in [0.717, 1.165) is 28.2 Å². The molecule has 3 nitrogen and oxygen atoms in total. The van der Waals surface area contributed by atoms with Crippen molar-refractivity contribution in [2.24, 2.45) is 5.92 Å². The average molecular weight is 401 g/mol. The van der Waals surface area contributed by atoms with Crippen molar-refractivity contribution in [3.05, 3.63) is 63.6 Å². The second kappa shape index (κ2) is 8.15. The Morgan fingerprint density at radius 1 is 1.24 bits per heavy atom. The Morgan fingerprint density at radius 2 is 2.00 bits per heavy atom. The third-order valence-corrected chi connectivity index (χ3v) is 5.67. The predicted octanol–water partition coefficient (Wildman–Crippen LogP) is 5.24. The van der Waals surface area contributed by atoms with Gasteiger partial charge in [0.05, 0.1) is 0 Å². The summed E-state index contributed by atoms with van der Waals surface area (Å²) in [5.74, 6) is 0.716. The van der Waals surface area contributed by atoms with Crippen molar-refractivity contribution in [1.82, 2.24) is 4.90 Å². The first-order valence-corrected chi connectivity index (χ1v) is 9.69. The van der Waals surface area contributed by atoms with Crippen LogP contribution in [-0.2, 0) is 6.54 Å². The molecule has 0 spiro atoms. The topological polar surface area (TPSA) is 32.3 Å². The van der Waals surface area contributed by atoms with Gasteiger partial charge in [-0.15, -0.1) is 0 Å². The van der Waals surface area contributed by atoms with Crippen LogP contribution in [0.4, 0.5) is 5.69 Å². The van der Waals surface area contributed by atoms with E-state index in [1.165, 1.54) is 31.5 Å². The van der Waals surface area contributed by atoms with E-state index in [1.54, 1.807) is 0 Å². The van der Waals surface area contributed by atoms with E-state index in [1.807, 2.05) is 37.3 Å². The molecule has 3 rings (SSSR count). The summed E-state index contributed by atoms with van der Waals surface area (Å²) < 4.78 is 1.04. The third-order valence-electron chi connectivity index (χ3n) is 4.78. The zero-order valence-corrected chi connectivity index (χ0v) is 16.5. The van der Waals surface area contributed by atoms with E-state index in [9.17, 15) is 4.79 Å². The van der Waals surface area contributed by atoms with Crippen LogP contribution in [-0.4, -0.2) is 23.9 Å². The number of hydrogen-bond acceptors (Lipinski definition) is 2. The molecule has 1 aliphatic heterocycles. The van der Waals surface area contributed by atoms with Gasteiger partial charge in [-0.05, 0) is 73.7 Å². The highest BCUT2D eigenvalue weighted by Crippen LogP contribution is 2.21. The van der Waals surface area contributed by atoms with Crippen LogP contribution in [0.2, 0.25) is 0 Å². The highest BCUT2D eigenvalue weighted by Gasteiger charge is 2.16. The van der Waals surface area contributed by atoms with Crippen molar-refractivity contribution >= 4 is 27.5 Å². The molecule has 1 N–H and O–H groups in total. The molecule has 25 heavy (non-hydrogen) atoms. The fourth-order valence-electron chi connectivity index (χ4n) is 3.38. The van der Waals surface area contributed by atoms with Gasteiger partial charge in [0.25, 0.3) is 5.91 Å². The first-order chi connectivity index (χ1) is 12.0. The third kappa shape index (κ3) is 4.93. The molecule has 0 bridgehead atoms. The molecule has 0 radical (unpaired) electrons. The number of nitrogens with zero attached hydrogens (tertiary/aromatic N) is 1. The van der Waals surface area contributed by atoms with Crippen LogP contribution >= 0.6 is 15.9 Å². The Kier molecular flexibility index (Phi) is 5.92. The highest BCUT2D eigenvalue weighted by molar-refractivity contribution is 9.10. The number of amides is 1. The minimum Gasteiger partial charge on any atom is -0.322 e. The van der Waals surface area contributed by atoms with Gasteiger partial charge in [-0.1, -0.05) is 35.0 Å². The van der Waals surface area contributed by atoms with Crippen molar-refractivity contribution in [3.63, 3.8) is 0 Å². The molecule has 0 unspecified atom stereocenters. The van der Waals surface area contributed by atoms with Crippen molar-refractivity contribution in [1.29, 1.82) is 0 Å². The van der Waals surface area contributed by atoms with E-state index < -0.39 is 0 Å². The highest BCUT2D eigenvalue weighted by atomic mass is 79.9. The SMILES string of the molecule is Cc1cc(NC(=O)c2ccc(CN3CCC[C@H](C)C3)cc2)ccc1Br. The lowest BCUT2D eigenvalue weighted by Crippen LogP contribution is -2.33. The summed E-state index contributed by atoms with van der Waals surface area (Å²) in [7, 11) is 0. The molecule has 1 aliphatic rings. The van der Waals surface area contributed by atoms with E-state index in [0.29, 0.717) is 5.56 Å². The minimum absolute atomic E-state index is 0.0696. The van der Waals surface area contributed by atoms with Gasteiger partial charge in [-0.2, -0.15) is 0 Å². The molecule has 2 aromatic carbocycles. The molecule has 0 aliphatic carbocycles. The maximum Gasteiger partial charge on any atom is 0.255 e. The van der Waals surface area contributed by atoms with Crippen LogP contribution in [0.25, 0.3) is 0 Å². The number of aryl methyl sites for hydroxylation is 1. The summed E-state index contributed by atoms with van der Waals surface area (Å²) in [6.45, 7) is 7.65. The number of rotatable bonds is 4. The maximum absolute atomic E-state index is 12.4. The van der Waals surface area contributed by atoms with Crippen LogP contribution in [0.3, 0.4) is 0 Å². The van der Waals surface area contributed by atoms with Crippen molar-refractivity contribution in [3.8, 4) is 0 Å². The van der Waals surface area contributed by atoms with Crippen molar-refractivity contribution < 1.29 is 4.79 Å². The van der Waals surface area contributed by atoms with Gasteiger partial charge in [0, 0.05) is 28.8 Å². The number of likely N-dealkylation sites (tertiary alicyclic amines) is 1. The Morgan fingerprint density at radius 3 is 2.68 bits per heavy atom. The number of piperidine rings is 1. The van der Waals surface area contributed by atoms with Crippen molar-refractivity contribution in [2.45, 2.75) is 33.2 Å². The fourth-order valence-corrected chi connectivity index (χ4v) is 3.62. The smallest absolute Gasteiger partial charge is 0.255 e. The van der Waals surface area contributed by atoms with Crippen LogP contribution in [0.1, 0.15) is 41.3 Å². The second-order valence-corrected chi connectivity index (χ2v) is 7.95. The molecular weight excluding hydrogens is 376 g/mol. The minimum atomic E-state index is -0.0696. The molecule has 0 saturated carbocycles. The van der Waals surface area contributed by atoms with Gasteiger partial charge in [-0.3, -0.25) is 9.69 Å². The number of hydrogen-bond donors (Lipinski definition) is 1. The largest absolute Gasteiger partial charge is 0.322 e. The molecule has 0 aromatic heterocycles. The number of benzene rings is 2. The van der Waals surface area contributed by atoms with E-state index in [4.69, 9.17) is 0 Å². The standard InChI is InChI=1S/C21H25BrN2O/c1-15-4-3-11-24(13-15)14-17-5-7-18(8-6-17)21(25)23-19-9-10-20(22)16(2)12-19/h5-10,12,15H,3-4,11,13-14H2,1-2H3,(H,23,25)/t15-/m0/s1. The van der Waals surface area contributed by atoms with Gasteiger partial charge < -0.3 is 5.32 Å². The maximum atomic E-state index is 12.4. The lowest BCUT2D eigenvalue weighted by atomic mass is 9.99. The summed E-state index contributed by atoms with van der Waals surface area (Å²) in [4.78, 5) is 14.9. The zero-order valence-electron chi connectivity index (χ0n) is 14.9. The number of carbonyl (C=O) groups is 1. The molecule has 1 amide bonds. The lowest BCUT2D eigenvalue weighted by molar-refractivity contribution is 0.102. The molecule has 1 saturated heterocycles. The molecular formula is C21H25BrN2O. The van der Waals surface area contributed by atoms with E-state index in [2.05, 4.69) is 45.2 Å². The summed E-state index contributed by atoms with van der Waals surface area (Å²) in [6, 6.07) is 13.8. The van der Waals surface area contributed by atoms with Gasteiger partial charge in [0.2, 0.25) is 0 Å². The Hall–Kier alpha value is -1.65. The molecule has 2 aromatic rings. The number of halogens is 1. The van der Waals surface area contributed by atoms with Crippen LogP contribution in [0, 0.1) is 12.8 Å². The number of carbonyl (C=O) groups excluding carboxylic acids is 1. The van der Waals surface area contributed by atoms with E-state index >= 15 is 0 Å². The fraction of sp³-hybridized carbons (Fsp3) is 0.381. The van der Waals surface area contributed by atoms with Crippen LogP contribution < -0.4 is 5.32 Å². The zero-order chi connectivity index (χ0) is 17.8. The summed E-state index contributed by atoms with van der Waals surface area (Å²) in [6.07, 6.45) is 2.62. The van der Waals surface area contributed by atoms with Crippen molar-refractivity contribution in [2.75, 3.05) is 18.4 Å².